The van der Waals surface area contributed by atoms with Gasteiger partial charge < -0.3 is 15.0 Å². The first-order valence-corrected chi connectivity index (χ1v) is 6.91. The lowest BCUT2D eigenvalue weighted by atomic mass is 10.3. The summed E-state index contributed by atoms with van der Waals surface area (Å²) in [6.45, 7) is 6.08. The van der Waals surface area contributed by atoms with Gasteiger partial charge in [0, 0.05) is 23.3 Å². The molecule has 102 valence electrons. The van der Waals surface area contributed by atoms with Crippen LogP contribution in [0.5, 0.6) is 0 Å². The van der Waals surface area contributed by atoms with Crippen LogP contribution >= 0.6 is 11.3 Å². The van der Waals surface area contributed by atoms with Crippen LogP contribution in [0.2, 0.25) is 0 Å². The van der Waals surface area contributed by atoms with Crippen LogP contribution in [0.3, 0.4) is 0 Å². The van der Waals surface area contributed by atoms with Crippen LogP contribution in [0.4, 0.5) is 5.69 Å². The van der Waals surface area contributed by atoms with Crippen LogP contribution in [0.25, 0.3) is 0 Å². The van der Waals surface area contributed by atoms with Crippen molar-refractivity contribution in [1.29, 1.82) is 0 Å². The van der Waals surface area contributed by atoms with E-state index in [-0.39, 0.29) is 18.6 Å². The number of rotatable bonds is 4. The lowest BCUT2D eigenvalue weighted by Gasteiger charge is -2.11. The van der Waals surface area contributed by atoms with Gasteiger partial charge >= 0.3 is 5.97 Å². The summed E-state index contributed by atoms with van der Waals surface area (Å²) in [7, 11) is 0. The summed E-state index contributed by atoms with van der Waals surface area (Å²) < 4.78 is 7.07. The molecule has 2 N–H and O–H groups in total. The average Bonchev–Trinajstić information content (AvgIpc) is 2.92. The highest BCUT2D eigenvalue weighted by Gasteiger charge is 2.16. The molecule has 0 bridgehead atoms. The third-order valence-electron chi connectivity index (χ3n) is 2.63. The zero-order valence-electron chi connectivity index (χ0n) is 11.2. The summed E-state index contributed by atoms with van der Waals surface area (Å²) in [5, 5.41) is 2.72. The molecular formula is C13H17N3O2S. The minimum absolute atomic E-state index is 0.155. The van der Waals surface area contributed by atoms with E-state index in [2.05, 4.69) is 4.98 Å². The Bertz CT molecular complexity index is 586. The Labute approximate surface area is 116 Å². The van der Waals surface area contributed by atoms with E-state index in [9.17, 15) is 4.79 Å². The molecule has 5 nitrogen and oxygen atoms in total. The Morgan fingerprint density at radius 1 is 1.58 bits per heavy atom. The molecule has 19 heavy (non-hydrogen) atoms. The number of aromatic nitrogens is 2. The number of nitrogens with zero attached hydrogens (tertiary/aromatic N) is 2. The molecule has 0 aliphatic rings. The van der Waals surface area contributed by atoms with E-state index in [0.29, 0.717) is 11.4 Å². The molecule has 0 atom stereocenters. The largest absolute Gasteiger partial charge is 0.454 e. The minimum atomic E-state index is -0.377. The van der Waals surface area contributed by atoms with Gasteiger partial charge in [0.25, 0.3) is 0 Å². The molecule has 0 aliphatic heterocycles. The number of ether oxygens (including phenoxy) is 1. The first-order chi connectivity index (χ1) is 8.97. The summed E-state index contributed by atoms with van der Waals surface area (Å²) in [5.74, 6) is -0.377. The predicted octanol–water partition coefficient (Wildman–Crippen LogP) is 2.77. The normalized spacial score (nSPS) is 10.9. The molecule has 2 aromatic rings. The SMILES string of the molecule is Cc1csc(COC(=O)c2cc(N)cn2C(C)C)n1. The lowest BCUT2D eigenvalue weighted by Crippen LogP contribution is -2.13. The van der Waals surface area contributed by atoms with Crippen molar-refractivity contribution < 1.29 is 9.53 Å². The highest BCUT2D eigenvalue weighted by Crippen LogP contribution is 2.18. The second kappa shape index (κ2) is 5.44. The summed E-state index contributed by atoms with van der Waals surface area (Å²) in [5.41, 5.74) is 7.70. The van der Waals surface area contributed by atoms with E-state index < -0.39 is 0 Å². The molecular weight excluding hydrogens is 262 g/mol. The highest BCUT2D eigenvalue weighted by atomic mass is 32.1. The Hall–Kier alpha value is -1.82. The quantitative estimate of drug-likeness (QED) is 0.874. The Kier molecular flexibility index (Phi) is 3.90. The molecule has 0 radical (unpaired) electrons. The van der Waals surface area contributed by atoms with Gasteiger partial charge in [-0.1, -0.05) is 0 Å². The van der Waals surface area contributed by atoms with E-state index in [1.165, 1.54) is 11.3 Å². The third kappa shape index (κ3) is 3.14. The first-order valence-electron chi connectivity index (χ1n) is 6.03. The lowest BCUT2D eigenvalue weighted by molar-refractivity contribution is 0.0458. The standard InChI is InChI=1S/C13H17N3O2S/c1-8(2)16-5-10(14)4-11(16)13(17)18-6-12-15-9(3)7-19-12/h4-5,7-8H,6,14H2,1-3H3. The number of esters is 1. The number of hydrogen-bond acceptors (Lipinski definition) is 5. The number of thiazole rings is 1. The topological polar surface area (TPSA) is 70.1 Å². The molecule has 0 saturated carbocycles. The van der Waals surface area contributed by atoms with Crippen molar-refractivity contribution in [2.45, 2.75) is 33.4 Å². The third-order valence-corrected chi connectivity index (χ3v) is 3.57. The van der Waals surface area contributed by atoms with Gasteiger partial charge in [-0.3, -0.25) is 0 Å². The zero-order chi connectivity index (χ0) is 14.0. The number of aryl methyl sites for hydroxylation is 1. The molecule has 0 aromatic carbocycles. The number of nitrogens with two attached hydrogens (primary N) is 1. The highest BCUT2D eigenvalue weighted by molar-refractivity contribution is 7.09. The van der Waals surface area contributed by atoms with E-state index in [0.717, 1.165) is 10.7 Å². The van der Waals surface area contributed by atoms with Gasteiger partial charge in [0.15, 0.2) is 0 Å². The molecule has 6 heteroatoms. The van der Waals surface area contributed by atoms with Gasteiger partial charge in [-0.05, 0) is 26.8 Å². The Morgan fingerprint density at radius 2 is 2.32 bits per heavy atom. The van der Waals surface area contributed by atoms with E-state index in [1.807, 2.05) is 30.7 Å². The number of nitrogen functional groups attached to an aromatic ring is 1. The van der Waals surface area contributed by atoms with Crippen molar-refractivity contribution in [1.82, 2.24) is 9.55 Å². The predicted molar refractivity (Wildman–Crippen MR) is 75.2 cm³/mol. The van der Waals surface area contributed by atoms with Crippen molar-refractivity contribution in [3.8, 4) is 0 Å². The smallest absolute Gasteiger partial charge is 0.355 e. The van der Waals surface area contributed by atoms with Crippen LogP contribution in [0.15, 0.2) is 17.6 Å². The second-order valence-corrected chi connectivity index (χ2v) is 5.56. The number of carbonyl (C=O) groups is 1. The van der Waals surface area contributed by atoms with Gasteiger partial charge in [0.05, 0.1) is 5.69 Å². The summed E-state index contributed by atoms with van der Waals surface area (Å²) >= 11 is 1.48. The molecule has 0 unspecified atom stereocenters. The monoisotopic (exact) mass is 279 g/mol. The van der Waals surface area contributed by atoms with Crippen molar-refractivity contribution in [3.63, 3.8) is 0 Å². The maximum atomic E-state index is 12.0. The molecule has 2 heterocycles. The first kappa shape index (κ1) is 13.6. The van der Waals surface area contributed by atoms with Gasteiger partial charge in [-0.15, -0.1) is 11.3 Å². The van der Waals surface area contributed by atoms with Crippen LogP contribution in [0, 0.1) is 6.92 Å². The second-order valence-electron chi connectivity index (χ2n) is 4.62. The number of anilines is 1. The minimum Gasteiger partial charge on any atom is -0.454 e. The maximum Gasteiger partial charge on any atom is 0.355 e. The molecule has 0 fully saturated rings. The van der Waals surface area contributed by atoms with Gasteiger partial charge in [0.1, 0.15) is 17.3 Å². The van der Waals surface area contributed by atoms with E-state index >= 15 is 0 Å². The molecule has 0 amide bonds. The number of hydrogen-bond donors (Lipinski definition) is 1. The van der Waals surface area contributed by atoms with Crippen molar-refractivity contribution in [2.75, 3.05) is 5.73 Å². The Balaban J connectivity index is 2.07. The molecule has 2 aromatic heterocycles. The molecule has 0 spiro atoms. The fourth-order valence-corrected chi connectivity index (χ4v) is 2.44. The summed E-state index contributed by atoms with van der Waals surface area (Å²) in [6.07, 6.45) is 1.74. The fourth-order valence-electron chi connectivity index (χ4n) is 1.76. The van der Waals surface area contributed by atoms with Crippen molar-refractivity contribution in [3.05, 3.63) is 34.0 Å². The maximum absolute atomic E-state index is 12.0. The van der Waals surface area contributed by atoms with E-state index in [4.69, 9.17) is 10.5 Å². The summed E-state index contributed by atoms with van der Waals surface area (Å²) in [4.78, 5) is 16.3. The van der Waals surface area contributed by atoms with Crippen molar-refractivity contribution in [2.24, 2.45) is 0 Å². The van der Waals surface area contributed by atoms with Crippen LogP contribution in [-0.2, 0) is 11.3 Å². The average molecular weight is 279 g/mol. The number of carbonyl (C=O) groups excluding carboxylic acids is 1. The Morgan fingerprint density at radius 3 is 2.89 bits per heavy atom. The van der Waals surface area contributed by atoms with Crippen LogP contribution in [0.1, 0.15) is 41.1 Å². The van der Waals surface area contributed by atoms with E-state index in [1.54, 1.807) is 12.3 Å². The molecule has 2 rings (SSSR count). The van der Waals surface area contributed by atoms with Gasteiger partial charge in [-0.25, -0.2) is 9.78 Å². The van der Waals surface area contributed by atoms with Gasteiger partial charge in [0.2, 0.25) is 0 Å². The van der Waals surface area contributed by atoms with Gasteiger partial charge in [-0.2, -0.15) is 0 Å². The van der Waals surface area contributed by atoms with Crippen LogP contribution < -0.4 is 5.73 Å². The zero-order valence-corrected chi connectivity index (χ0v) is 12.0. The van der Waals surface area contributed by atoms with Crippen LogP contribution in [-0.4, -0.2) is 15.5 Å². The molecule has 0 aliphatic carbocycles. The fraction of sp³-hybridized carbons (Fsp3) is 0.385. The molecule has 0 saturated heterocycles. The van der Waals surface area contributed by atoms with Crippen molar-refractivity contribution >= 4 is 23.0 Å². The summed E-state index contributed by atoms with van der Waals surface area (Å²) in [6, 6.07) is 1.79.